The minimum Gasteiger partial charge on any atom is -0.492 e. The fourth-order valence-corrected chi connectivity index (χ4v) is 3.85. The summed E-state index contributed by atoms with van der Waals surface area (Å²) in [4.78, 5) is 0. The fourth-order valence-electron chi connectivity index (χ4n) is 3.64. The van der Waals surface area contributed by atoms with Gasteiger partial charge in [-0.25, -0.2) is 0 Å². The summed E-state index contributed by atoms with van der Waals surface area (Å²) in [5.74, 6) is 1.29. The largest absolute Gasteiger partial charge is 0.492 e. The molecular formula is C20H26Cl2N2O. The third-order valence-electron chi connectivity index (χ3n) is 4.88. The van der Waals surface area contributed by atoms with Crippen LogP contribution >= 0.6 is 24.0 Å². The smallest absolute Gasteiger partial charge is 0.119 e. The van der Waals surface area contributed by atoms with Gasteiger partial charge in [0.15, 0.2) is 0 Å². The molecule has 5 heteroatoms. The number of likely N-dealkylation sites (N-methyl/N-ethyl adjacent to an activating group) is 1. The van der Waals surface area contributed by atoms with Gasteiger partial charge in [-0.3, -0.25) is 0 Å². The molecule has 3 N–H and O–H groups in total. The molecule has 0 aromatic heterocycles. The van der Waals surface area contributed by atoms with E-state index in [1.807, 2.05) is 19.2 Å². The van der Waals surface area contributed by atoms with E-state index in [1.165, 1.54) is 16.7 Å². The summed E-state index contributed by atoms with van der Waals surface area (Å²) in [7, 11) is 2.05. The van der Waals surface area contributed by atoms with E-state index in [2.05, 4.69) is 35.6 Å². The molecule has 136 valence electrons. The Hall–Kier alpha value is -1.26. The number of benzene rings is 2. The van der Waals surface area contributed by atoms with E-state index >= 15 is 0 Å². The zero-order chi connectivity index (χ0) is 16.9. The van der Waals surface area contributed by atoms with E-state index in [9.17, 15) is 0 Å². The maximum Gasteiger partial charge on any atom is 0.119 e. The number of fused-ring (bicyclic) bond motifs is 1. The van der Waals surface area contributed by atoms with Crippen LogP contribution in [0.4, 0.5) is 0 Å². The lowest BCUT2D eigenvalue weighted by Gasteiger charge is -2.34. The van der Waals surface area contributed by atoms with Crippen LogP contribution in [-0.4, -0.2) is 26.2 Å². The van der Waals surface area contributed by atoms with Crippen molar-refractivity contribution in [1.29, 1.82) is 0 Å². The summed E-state index contributed by atoms with van der Waals surface area (Å²) in [5, 5.41) is 4.34. The average Bonchev–Trinajstić information content (AvgIpc) is 2.62. The number of halogens is 2. The lowest BCUT2D eigenvalue weighted by atomic mass is 9.76. The molecule has 0 aliphatic heterocycles. The lowest BCUT2D eigenvalue weighted by Crippen LogP contribution is -2.37. The van der Waals surface area contributed by atoms with Crippen LogP contribution in [0.1, 0.15) is 29.0 Å². The monoisotopic (exact) mass is 380 g/mol. The van der Waals surface area contributed by atoms with Crippen molar-refractivity contribution < 1.29 is 4.74 Å². The third kappa shape index (κ3) is 4.68. The quantitative estimate of drug-likeness (QED) is 0.796. The first kappa shape index (κ1) is 20.1. The number of nitrogens with two attached hydrogens (primary N) is 1. The minimum absolute atomic E-state index is 0. The van der Waals surface area contributed by atoms with Gasteiger partial charge in [-0.05, 0) is 61.2 Å². The number of rotatable bonds is 6. The Balaban J connectivity index is 0.00000225. The van der Waals surface area contributed by atoms with Crippen molar-refractivity contribution in [1.82, 2.24) is 5.32 Å². The van der Waals surface area contributed by atoms with Gasteiger partial charge in [0, 0.05) is 23.5 Å². The first-order valence-corrected chi connectivity index (χ1v) is 8.97. The van der Waals surface area contributed by atoms with Gasteiger partial charge in [0.05, 0.1) is 0 Å². The summed E-state index contributed by atoms with van der Waals surface area (Å²) >= 11 is 6.40. The molecule has 0 bridgehead atoms. The SMILES string of the molecule is CNC1CCc2ccc(OCCN)cc2C1Cc1ccccc1Cl.Cl. The molecule has 2 atom stereocenters. The van der Waals surface area contributed by atoms with Gasteiger partial charge in [-0.1, -0.05) is 35.9 Å². The molecule has 0 saturated carbocycles. The third-order valence-corrected chi connectivity index (χ3v) is 5.25. The first-order chi connectivity index (χ1) is 11.7. The van der Waals surface area contributed by atoms with Gasteiger partial charge in [0.25, 0.3) is 0 Å². The van der Waals surface area contributed by atoms with Crippen molar-refractivity contribution in [2.24, 2.45) is 5.73 Å². The maximum absolute atomic E-state index is 6.40. The second kappa shape index (κ2) is 9.44. The molecule has 0 spiro atoms. The number of hydrogen-bond acceptors (Lipinski definition) is 3. The summed E-state index contributed by atoms with van der Waals surface area (Å²) < 4.78 is 5.74. The van der Waals surface area contributed by atoms with E-state index in [0.717, 1.165) is 30.0 Å². The van der Waals surface area contributed by atoms with Crippen LogP contribution in [-0.2, 0) is 12.8 Å². The Kier molecular flexibility index (Phi) is 7.57. The Morgan fingerprint density at radius 1 is 1.24 bits per heavy atom. The Morgan fingerprint density at radius 2 is 2.04 bits per heavy atom. The Bertz CT molecular complexity index is 693. The average molecular weight is 381 g/mol. The molecule has 3 rings (SSSR count). The van der Waals surface area contributed by atoms with Crippen LogP contribution in [0.25, 0.3) is 0 Å². The minimum atomic E-state index is 0. The molecule has 2 aromatic rings. The van der Waals surface area contributed by atoms with Gasteiger partial charge >= 0.3 is 0 Å². The molecule has 2 unspecified atom stereocenters. The normalized spacial score (nSPS) is 19.0. The van der Waals surface area contributed by atoms with E-state index in [-0.39, 0.29) is 12.4 Å². The summed E-state index contributed by atoms with van der Waals surface area (Å²) in [6, 6.07) is 15.0. The molecule has 25 heavy (non-hydrogen) atoms. The number of aryl methyl sites for hydroxylation is 1. The highest BCUT2D eigenvalue weighted by Crippen LogP contribution is 2.37. The molecule has 1 aliphatic rings. The molecule has 0 amide bonds. The molecular weight excluding hydrogens is 355 g/mol. The summed E-state index contributed by atoms with van der Waals surface area (Å²) in [6.45, 7) is 1.07. The van der Waals surface area contributed by atoms with Crippen LogP contribution in [0.2, 0.25) is 5.02 Å². The molecule has 0 fully saturated rings. The van der Waals surface area contributed by atoms with E-state index in [4.69, 9.17) is 22.1 Å². The highest BCUT2D eigenvalue weighted by molar-refractivity contribution is 6.31. The van der Waals surface area contributed by atoms with Gasteiger partial charge in [0.1, 0.15) is 12.4 Å². The fraction of sp³-hybridized carbons (Fsp3) is 0.400. The van der Waals surface area contributed by atoms with Crippen LogP contribution in [0.15, 0.2) is 42.5 Å². The standard InChI is InChI=1S/C20H25ClN2O.ClH/c1-23-20-9-7-14-6-8-16(24-11-10-22)13-17(14)18(20)12-15-4-2-3-5-19(15)21;/h2-6,8,13,18,20,23H,7,9-12,22H2,1H3;1H. The predicted molar refractivity (Wildman–Crippen MR) is 107 cm³/mol. The highest BCUT2D eigenvalue weighted by atomic mass is 35.5. The van der Waals surface area contributed by atoms with Gasteiger partial charge in [-0.15, -0.1) is 12.4 Å². The predicted octanol–water partition coefficient (Wildman–Crippen LogP) is 3.96. The number of ether oxygens (including phenoxy) is 1. The van der Waals surface area contributed by atoms with Crippen molar-refractivity contribution in [3.8, 4) is 5.75 Å². The van der Waals surface area contributed by atoms with Gasteiger partial charge < -0.3 is 15.8 Å². The van der Waals surface area contributed by atoms with Crippen LogP contribution < -0.4 is 15.8 Å². The molecule has 1 aliphatic carbocycles. The Labute approximate surface area is 161 Å². The van der Waals surface area contributed by atoms with Gasteiger partial charge in [-0.2, -0.15) is 0 Å². The van der Waals surface area contributed by atoms with Crippen LogP contribution in [0.5, 0.6) is 5.75 Å². The van der Waals surface area contributed by atoms with Crippen LogP contribution in [0, 0.1) is 0 Å². The zero-order valence-corrected chi connectivity index (χ0v) is 16.1. The van der Waals surface area contributed by atoms with Gasteiger partial charge in [0.2, 0.25) is 0 Å². The second-order valence-corrected chi connectivity index (χ2v) is 6.74. The molecule has 3 nitrogen and oxygen atoms in total. The lowest BCUT2D eigenvalue weighted by molar-refractivity contribution is 0.326. The van der Waals surface area contributed by atoms with Crippen LogP contribution in [0.3, 0.4) is 0 Å². The Morgan fingerprint density at radius 3 is 2.76 bits per heavy atom. The molecule has 0 radical (unpaired) electrons. The summed E-state index contributed by atoms with van der Waals surface area (Å²) in [6.07, 6.45) is 3.16. The molecule has 2 aromatic carbocycles. The zero-order valence-electron chi connectivity index (χ0n) is 14.5. The first-order valence-electron chi connectivity index (χ1n) is 8.59. The van der Waals surface area contributed by atoms with E-state index in [1.54, 1.807) is 0 Å². The van der Waals surface area contributed by atoms with Crippen molar-refractivity contribution in [2.75, 3.05) is 20.2 Å². The van der Waals surface area contributed by atoms with Crippen molar-refractivity contribution >= 4 is 24.0 Å². The van der Waals surface area contributed by atoms with E-state index < -0.39 is 0 Å². The van der Waals surface area contributed by atoms with Crippen molar-refractivity contribution in [3.63, 3.8) is 0 Å². The molecule has 0 saturated heterocycles. The highest BCUT2D eigenvalue weighted by Gasteiger charge is 2.29. The summed E-state index contributed by atoms with van der Waals surface area (Å²) in [5.41, 5.74) is 9.54. The maximum atomic E-state index is 6.40. The number of hydrogen-bond donors (Lipinski definition) is 2. The van der Waals surface area contributed by atoms with Crippen molar-refractivity contribution in [3.05, 3.63) is 64.2 Å². The number of nitrogens with one attached hydrogen (secondary N) is 1. The molecule has 0 heterocycles. The van der Waals surface area contributed by atoms with E-state index in [0.29, 0.717) is 25.1 Å². The second-order valence-electron chi connectivity index (χ2n) is 6.33. The van der Waals surface area contributed by atoms with Crippen molar-refractivity contribution in [2.45, 2.75) is 31.2 Å². The topological polar surface area (TPSA) is 47.3 Å².